The molecule has 0 saturated heterocycles. The predicted octanol–water partition coefficient (Wildman–Crippen LogP) is 1.71. The third-order valence-electron chi connectivity index (χ3n) is 5.12. The maximum absolute atomic E-state index is 13.5. The summed E-state index contributed by atoms with van der Waals surface area (Å²) in [7, 11) is 0. The molecular weight excluding hydrogens is 457 g/mol. The van der Waals surface area contributed by atoms with E-state index in [1.807, 2.05) is 0 Å². The van der Waals surface area contributed by atoms with Crippen LogP contribution in [0.1, 0.15) is 48.0 Å². The lowest BCUT2D eigenvalue weighted by atomic mass is 10.1. The first-order chi connectivity index (χ1) is 16.7. The number of anilines is 1. The van der Waals surface area contributed by atoms with Gasteiger partial charge in [0, 0.05) is 19.2 Å². The third kappa shape index (κ3) is 5.21. The van der Waals surface area contributed by atoms with Crippen LogP contribution in [0.15, 0.2) is 48.5 Å². The van der Waals surface area contributed by atoms with Crippen LogP contribution in [0.2, 0.25) is 0 Å². The number of aromatic carboxylic acids is 1. The lowest BCUT2D eigenvalue weighted by molar-refractivity contribution is 0.0696. The number of nitrogens with zero attached hydrogens (tertiary/aromatic N) is 4. The molecule has 0 atom stereocenters. The molecule has 0 aliphatic carbocycles. The molecule has 11 nitrogen and oxygen atoms in total. The molecule has 12 heteroatoms. The van der Waals surface area contributed by atoms with Gasteiger partial charge in [0.1, 0.15) is 17.2 Å². The molecule has 5 N–H and O–H groups in total. The minimum atomic E-state index is -1.05. The maximum atomic E-state index is 13.5. The summed E-state index contributed by atoms with van der Waals surface area (Å²) in [6.07, 6.45) is 0. The summed E-state index contributed by atoms with van der Waals surface area (Å²) in [5.41, 5.74) is 7.48. The molecule has 0 aliphatic rings. The lowest BCUT2D eigenvalue weighted by Gasteiger charge is -2.10. The van der Waals surface area contributed by atoms with E-state index in [-0.39, 0.29) is 47.6 Å². The Bertz CT molecular complexity index is 1450. The molecule has 178 valence electrons. The van der Waals surface area contributed by atoms with Crippen molar-refractivity contribution in [2.75, 3.05) is 5.73 Å². The second-order valence-electron chi connectivity index (χ2n) is 7.66. The highest BCUT2D eigenvalue weighted by molar-refractivity contribution is 5.98. The number of amides is 2. The molecule has 0 spiro atoms. The Labute approximate surface area is 197 Å². The van der Waals surface area contributed by atoms with E-state index < -0.39 is 17.8 Å². The van der Waals surface area contributed by atoms with E-state index in [9.17, 15) is 18.8 Å². The van der Waals surface area contributed by atoms with E-state index in [1.165, 1.54) is 24.3 Å². The van der Waals surface area contributed by atoms with Gasteiger partial charge in [-0.3, -0.25) is 9.59 Å². The van der Waals surface area contributed by atoms with Crippen LogP contribution < -0.4 is 16.4 Å². The van der Waals surface area contributed by atoms with E-state index in [0.717, 1.165) is 4.52 Å². The number of nitrogen functional groups attached to an aromatic ring is 1. The zero-order valence-corrected chi connectivity index (χ0v) is 18.4. The number of rotatable bonds is 7. The number of carboxylic acid groups (broad SMARTS) is 1. The van der Waals surface area contributed by atoms with Gasteiger partial charge >= 0.3 is 5.97 Å². The third-order valence-corrected chi connectivity index (χ3v) is 5.12. The van der Waals surface area contributed by atoms with Crippen molar-refractivity contribution in [2.24, 2.45) is 0 Å². The van der Waals surface area contributed by atoms with Gasteiger partial charge in [0.15, 0.2) is 0 Å². The normalized spacial score (nSPS) is 10.8. The van der Waals surface area contributed by atoms with Crippen molar-refractivity contribution < 1.29 is 23.9 Å². The summed E-state index contributed by atoms with van der Waals surface area (Å²) in [6, 6.07) is 11.8. The van der Waals surface area contributed by atoms with Gasteiger partial charge in [0.2, 0.25) is 5.95 Å². The smallest absolute Gasteiger partial charge is 0.335 e. The summed E-state index contributed by atoms with van der Waals surface area (Å²) >= 11 is 0. The molecule has 4 rings (SSSR count). The lowest BCUT2D eigenvalue weighted by Crippen LogP contribution is -2.28. The van der Waals surface area contributed by atoms with Crippen molar-refractivity contribution in [2.45, 2.75) is 20.0 Å². The second kappa shape index (κ2) is 9.55. The van der Waals surface area contributed by atoms with Gasteiger partial charge in [-0.2, -0.15) is 9.50 Å². The predicted molar refractivity (Wildman–Crippen MR) is 122 cm³/mol. The molecule has 2 aromatic heterocycles. The standard InChI is InChI=1S/C23H20FN7O4/c1-12-8-14(4-7-16(12)24)11-27-20(33)18-9-17(28-23-29-22(25)30-31(18)23)19(32)26-10-13-2-5-15(6-3-13)21(34)35/h2-9H,10-11H2,1H3,(H2,25,30)(H,26,32)(H,27,33)(H,34,35). The molecule has 2 aromatic carbocycles. The van der Waals surface area contributed by atoms with Crippen molar-refractivity contribution in [3.8, 4) is 0 Å². The molecule has 0 fully saturated rings. The number of hydrogen-bond acceptors (Lipinski definition) is 7. The number of nitrogens with one attached hydrogen (secondary N) is 2. The summed E-state index contributed by atoms with van der Waals surface area (Å²) in [5, 5.41) is 18.3. The van der Waals surface area contributed by atoms with Gasteiger partial charge in [-0.05, 0) is 41.8 Å². The first kappa shape index (κ1) is 23.3. The van der Waals surface area contributed by atoms with Gasteiger partial charge in [0.25, 0.3) is 17.6 Å². The minimum absolute atomic E-state index is 0.0194. The Morgan fingerprint density at radius 2 is 1.63 bits per heavy atom. The van der Waals surface area contributed by atoms with Crippen molar-refractivity contribution in [1.82, 2.24) is 30.2 Å². The van der Waals surface area contributed by atoms with Crippen molar-refractivity contribution in [3.63, 3.8) is 0 Å². The minimum Gasteiger partial charge on any atom is -0.478 e. The fourth-order valence-corrected chi connectivity index (χ4v) is 3.29. The summed E-state index contributed by atoms with van der Waals surface area (Å²) in [6.45, 7) is 1.84. The van der Waals surface area contributed by atoms with Crippen molar-refractivity contribution >= 4 is 29.5 Å². The number of nitrogens with two attached hydrogens (primary N) is 1. The molecule has 0 radical (unpaired) electrons. The quantitative estimate of drug-likeness (QED) is 0.312. The number of halogens is 1. The maximum Gasteiger partial charge on any atom is 0.335 e. The fourth-order valence-electron chi connectivity index (χ4n) is 3.29. The number of aromatic nitrogens is 4. The Morgan fingerprint density at radius 1 is 0.971 bits per heavy atom. The van der Waals surface area contributed by atoms with Crippen LogP contribution in [0, 0.1) is 12.7 Å². The zero-order chi connectivity index (χ0) is 25.1. The highest BCUT2D eigenvalue weighted by Crippen LogP contribution is 2.12. The van der Waals surface area contributed by atoms with Gasteiger partial charge in [-0.1, -0.05) is 24.3 Å². The van der Waals surface area contributed by atoms with E-state index in [0.29, 0.717) is 16.7 Å². The summed E-state index contributed by atoms with van der Waals surface area (Å²) in [4.78, 5) is 44.7. The number of carbonyl (C=O) groups is 3. The zero-order valence-electron chi connectivity index (χ0n) is 18.4. The number of carboxylic acids is 1. The molecule has 0 unspecified atom stereocenters. The van der Waals surface area contributed by atoms with Crippen LogP contribution in [0.5, 0.6) is 0 Å². The van der Waals surface area contributed by atoms with Crippen LogP contribution >= 0.6 is 0 Å². The van der Waals surface area contributed by atoms with Crippen LogP contribution in [0.4, 0.5) is 10.3 Å². The second-order valence-corrected chi connectivity index (χ2v) is 7.66. The van der Waals surface area contributed by atoms with E-state index in [1.54, 1.807) is 31.2 Å². The molecule has 35 heavy (non-hydrogen) atoms. The van der Waals surface area contributed by atoms with Gasteiger partial charge in [0.05, 0.1) is 5.56 Å². The topological polar surface area (TPSA) is 165 Å². The van der Waals surface area contributed by atoms with Crippen LogP contribution in [-0.4, -0.2) is 42.5 Å². The molecule has 2 heterocycles. The van der Waals surface area contributed by atoms with Crippen molar-refractivity contribution in [3.05, 3.63) is 88.0 Å². The van der Waals surface area contributed by atoms with Crippen LogP contribution in [0.3, 0.4) is 0 Å². The molecule has 2 amide bonds. The monoisotopic (exact) mass is 477 g/mol. The Balaban J connectivity index is 1.52. The Kier molecular flexibility index (Phi) is 6.36. The average Bonchev–Trinajstić information content (AvgIpc) is 3.22. The number of fused-ring (bicyclic) bond motifs is 1. The first-order valence-corrected chi connectivity index (χ1v) is 10.4. The molecular formula is C23H20FN7O4. The number of aryl methyl sites for hydroxylation is 1. The highest BCUT2D eigenvalue weighted by atomic mass is 19.1. The molecule has 0 bridgehead atoms. The first-order valence-electron chi connectivity index (χ1n) is 10.4. The summed E-state index contributed by atoms with van der Waals surface area (Å²) < 4.78 is 14.6. The fraction of sp³-hybridized carbons (Fsp3) is 0.130. The SMILES string of the molecule is Cc1cc(CNC(=O)c2cc(C(=O)NCc3ccc(C(=O)O)cc3)nc3nc(N)nn23)ccc1F. The number of hydrogen-bond donors (Lipinski definition) is 4. The largest absolute Gasteiger partial charge is 0.478 e. The molecule has 4 aromatic rings. The number of benzene rings is 2. The highest BCUT2D eigenvalue weighted by Gasteiger charge is 2.19. The Hall–Kier alpha value is -4.87. The van der Waals surface area contributed by atoms with Crippen molar-refractivity contribution in [1.29, 1.82) is 0 Å². The van der Waals surface area contributed by atoms with E-state index >= 15 is 0 Å². The van der Waals surface area contributed by atoms with Crippen LogP contribution in [0.25, 0.3) is 5.78 Å². The van der Waals surface area contributed by atoms with Gasteiger partial charge in [-0.25, -0.2) is 14.2 Å². The Morgan fingerprint density at radius 3 is 2.31 bits per heavy atom. The summed E-state index contributed by atoms with van der Waals surface area (Å²) in [5.74, 6) is -2.71. The molecule has 0 aliphatic heterocycles. The van der Waals surface area contributed by atoms with E-state index in [2.05, 4.69) is 25.7 Å². The van der Waals surface area contributed by atoms with Gasteiger partial charge < -0.3 is 21.5 Å². The average molecular weight is 477 g/mol. The molecule has 0 saturated carbocycles. The van der Waals surface area contributed by atoms with E-state index in [4.69, 9.17) is 10.8 Å². The number of carbonyl (C=O) groups excluding carboxylic acids is 2. The van der Waals surface area contributed by atoms with Gasteiger partial charge in [-0.15, -0.1) is 5.10 Å². The van der Waals surface area contributed by atoms with Crippen LogP contribution in [-0.2, 0) is 13.1 Å².